The summed E-state index contributed by atoms with van der Waals surface area (Å²) in [5.41, 5.74) is 5.34. The largest absolute Gasteiger partial charge is 0.411 e. The van der Waals surface area contributed by atoms with Crippen LogP contribution in [0, 0.1) is 0 Å². The van der Waals surface area contributed by atoms with E-state index in [2.05, 4.69) is 9.72 Å². The fourth-order valence-electron chi connectivity index (χ4n) is 0.799. The lowest BCUT2D eigenvalue weighted by atomic mass is 10.4. The van der Waals surface area contributed by atoms with Crippen LogP contribution >= 0.6 is 11.3 Å². The molecule has 7 heteroatoms. The first-order valence-electron chi connectivity index (χ1n) is 3.82. The fraction of sp³-hybridized carbons (Fsp3) is 0.571. The van der Waals surface area contributed by atoms with Gasteiger partial charge in [-0.2, -0.15) is 13.2 Å². The average Bonchev–Trinajstić information content (AvgIpc) is 2.44. The highest BCUT2D eigenvalue weighted by Crippen LogP contribution is 2.16. The van der Waals surface area contributed by atoms with Crippen LogP contribution in [0.1, 0.15) is 4.88 Å². The first-order valence-corrected chi connectivity index (χ1v) is 4.64. The first kappa shape index (κ1) is 11.3. The first-order chi connectivity index (χ1) is 6.47. The maximum absolute atomic E-state index is 11.6. The highest BCUT2D eigenvalue weighted by molar-refractivity contribution is 7.15. The van der Waals surface area contributed by atoms with Crippen LogP contribution in [0.5, 0.6) is 0 Å². The predicted octanol–water partition coefficient (Wildman–Crippen LogP) is 1.85. The van der Waals surface area contributed by atoms with E-state index in [1.165, 1.54) is 17.5 Å². The maximum Gasteiger partial charge on any atom is 0.411 e. The zero-order valence-corrected chi connectivity index (χ0v) is 7.99. The highest BCUT2D eigenvalue weighted by Gasteiger charge is 2.27. The van der Waals surface area contributed by atoms with Gasteiger partial charge in [0.05, 0.1) is 6.61 Å². The minimum absolute atomic E-state index is 0.0289. The zero-order valence-electron chi connectivity index (χ0n) is 7.17. The van der Waals surface area contributed by atoms with Crippen LogP contribution in [0.3, 0.4) is 0 Å². The van der Waals surface area contributed by atoms with Crippen LogP contribution in [0.25, 0.3) is 0 Å². The SMILES string of the molecule is Nc1ncc(CCOCC(F)(F)F)s1. The Bertz CT molecular complexity index is 287. The molecule has 0 aromatic carbocycles. The molecule has 2 N–H and O–H groups in total. The number of nitrogens with two attached hydrogens (primary N) is 1. The molecule has 0 spiro atoms. The number of ether oxygens (including phenoxy) is 1. The second-order valence-electron chi connectivity index (χ2n) is 2.58. The van der Waals surface area contributed by atoms with Crippen molar-refractivity contribution >= 4 is 16.5 Å². The summed E-state index contributed by atoms with van der Waals surface area (Å²) in [6.07, 6.45) is -2.31. The molecule has 1 rings (SSSR count). The van der Waals surface area contributed by atoms with Gasteiger partial charge < -0.3 is 10.5 Å². The molecule has 0 aliphatic rings. The summed E-state index contributed by atoms with van der Waals surface area (Å²) in [6, 6.07) is 0. The van der Waals surface area contributed by atoms with Crippen molar-refractivity contribution in [2.75, 3.05) is 18.9 Å². The Morgan fingerprint density at radius 3 is 2.71 bits per heavy atom. The molecule has 3 nitrogen and oxygen atoms in total. The van der Waals surface area contributed by atoms with Crippen molar-refractivity contribution in [3.05, 3.63) is 11.1 Å². The number of nitrogens with zero attached hydrogens (tertiary/aromatic N) is 1. The number of halogens is 3. The number of aromatic nitrogens is 1. The second-order valence-corrected chi connectivity index (χ2v) is 3.73. The Morgan fingerprint density at radius 1 is 1.50 bits per heavy atom. The second kappa shape index (κ2) is 4.61. The van der Waals surface area contributed by atoms with E-state index in [0.717, 1.165) is 4.88 Å². The molecule has 1 aromatic rings. The smallest absolute Gasteiger partial charge is 0.375 e. The van der Waals surface area contributed by atoms with E-state index in [0.29, 0.717) is 11.6 Å². The van der Waals surface area contributed by atoms with E-state index >= 15 is 0 Å². The Hall–Kier alpha value is -0.820. The van der Waals surface area contributed by atoms with Gasteiger partial charge in [-0.25, -0.2) is 4.98 Å². The van der Waals surface area contributed by atoms with Crippen molar-refractivity contribution in [1.29, 1.82) is 0 Å². The van der Waals surface area contributed by atoms with Crippen LogP contribution in [0.15, 0.2) is 6.20 Å². The number of anilines is 1. The Morgan fingerprint density at radius 2 is 2.21 bits per heavy atom. The molecule has 0 amide bonds. The third-order valence-corrected chi connectivity index (χ3v) is 2.22. The van der Waals surface area contributed by atoms with Crippen LogP contribution in [-0.4, -0.2) is 24.4 Å². The molecule has 80 valence electrons. The van der Waals surface area contributed by atoms with Crippen LogP contribution in [0.4, 0.5) is 18.3 Å². The Kier molecular flexibility index (Phi) is 3.70. The summed E-state index contributed by atoms with van der Waals surface area (Å²) in [4.78, 5) is 4.59. The zero-order chi connectivity index (χ0) is 10.6. The van der Waals surface area contributed by atoms with Crippen molar-refractivity contribution in [1.82, 2.24) is 4.98 Å². The van der Waals surface area contributed by atoms with E-state index in [-0.39, 0.29) is 6.61 Å². The summed E-state index contributed by atoms with van der Waals surface area (Å²) in [7, 11) is 0. The lowest BCUT2D eigenvalue weighted by Gasteiger charge is -2.06. The van der Waals surface area contributed by atoms with Crippen LogP contribution < -0.4 is 5.73 Å². The number of hydrogen-bond acceptors (Lipinski definition) is 4. The molecule has 0 bridgehead atoms. The normalized spacial score (nSPS) is 11.9. The molecule has 0 fully saturated rings. The summed E-state index contributed by atoms with van der Waals surface area (Å²) in [5.74, 6) is 0. The van der Waals surface area contributed by atoms with Gasteiger partial charge in [0.2, 0.25) is 0 Å². The van der Waals surface area contributed by atoms with Crippen molar-refractivity contribution in [2.24, 2.45) is 0 Å². The fourth-order valence-corrected chi connectivity index (χ4v) is 1.46. The molecule has 0 unspecified atom stereocenters. The number of alkyl halides is 3. The predicted molar refractivity (Wildman–Crippen MR) is 47.1 cm³/mol. The summed E-state index contributed by atoms with van der Waals surface area (Å²) >= 11 is 1.25. The summed E-state index contributed by atoms with van der Waals surface area (Å²) in [6.45, 7) is -1.18. The minimum atomic E-state index is -4.26. The lowest BCUT2D eigenvalue weighted by molar-refractivity contribution is -0.173. The van der Waals surface area contributed by atoms with Crippen molar-refractivity contribution in [3.8, 4) is 0 Å². The third kappa shape index (κ3) is 4.43. The Balaban J connectivity index is 2.16. The number of thiazole rings is 1. The van der Waals surface area contributed by atoms with E-state index < -0.39 is 12.8 Å². The number of nitrogen functional groups attached to an aromatic ring is 1. The van der Waals surface area contributed by atoms with Gasteiger partial charge in [0.25, 0.3) is 0 Å². The van der Waals surface area contributed by atoms with Crippen LogP contribution in [0.2, 0.25) is 0 Å². The van der Waals surface area contributed by atoms with Gasteiger partial charge >= 0.3 is 6.18 Å². The molecule has 0 saturated carbocycles. The number of hydrogen-bond donors (Lipinski definition) is 1. The van der Waals surface area contributed by atoms with Gasteiger partial charge in [-0.1, -0.05) is 0 Å². The van der Waals surface area contributed by atoms with Crippen molar-refractivity contribution in [3.63, 3.8) is 0 Å². The van der Waals surface area contributed by atoms with Crippen molar-refractivity contribution < 1.29 is 17.9 Å². The molecule has 0 atom stereocenters. The van der Waals surface area contributed by atoms with E-state index in [9.17, 15) is 13.2 Å². The monoisotopic (exact) mass is 226 g/mol. The standard InChI is InChI=1S/C7H9F3N2OS/c8-7(9,10)4-13-2-1-5-3-12-6(11)14-5/h3H,1-2,4H2,(H2,11,12). The van der Waals surface area contributed by atoms with Gasteiger partial charge in [0, 0.05) is 17.5 Å². The van der Waals surface area contributed by atoms with Gasteiger partial charge in [-0.15, -0.1) is 11.3 Å². The maximum atomic E-state index is 11.6. The highest BCUT2D eigenvalue weighted by atomic mass is 32.1. The average molecular weight is 226 g/mol. The molecular formula is C7H9F3N2OS. The van der Waals surface area contributed by atoms with Gasteiger partial charge in [0.1, 0.15) is 6.61 Å². The molecule has 0 radical (unpaired) electrons. The lowest BCUT2D eigenvalue weighted by Crippen LogP contribution is -2.17. The van der Waals surface area contributed by atoms with Gasteiger partial charge in [-0.05, 0) is 0 Å². The molecule has 14 heavy (non-hydrogen) atoms. The third-order valence-electron chi connectivity index (χ3n) is 1.33. The van der Waals surface area contributed by atoms with E-state index in [1.807, 2.05) is 0 Å². The van der Waals surface area contributed by atoms with E-state index in [4.69, 9.17) is 5.73 Å². The van der Waals surface area contributed by atoms with Gasteiger partial charge in [-0.3, -0.25) is 0 Å². The minimum Gasteiger partial charge on any atom is -0.375 e. The van der Waals surface area contributed by atoms with E-state index in [1.54, 1.807) is 0 Å². The molecule has 0 aliphatic heterocycles. The number of rotatable bonds is 4. The van der Waals surface area contributed by atoms with Gasteiger partial charge in [0.15, 0.2) is 5.13 Å². The quantitative estimate of drug-likeness (QED) is 0.797. The van der Waals surface area contributed by atoms with Crippen LogP contribution in [-0.2, 0) is 11.2 Å². The van der Waals surface area contributed by atoms with Crippen molar-refractivity contribution in [2.45, 2.75) is 12.6 Å². The molecular weight excluding hydrogens is 217 g/mol. The Labute approximate surface area is 82.7 Å². The molecule has 0 aliphatic carbocycles. The molecule has 1 aromatic heterocycles. The molecule has 1 heterocycles. The molecule has 0 saturated heterocycles. The summed E-state index contributed by atoms with van der Waals surface area (Å²) < 4.78 is 39.3. The topological polar surface area (TPSA) is 48.1 Å². The summed E-state index contributed by atoms with van der Waals surface area (Å²) in [5, 5.41) is 0.413.